The highest BCUT2D eigenvalue weighted by atomic mass is 79.9. The van der Waals surface area contributed by atoms with E-state index in [9.17, 15) is 0 Å². The van der Waals surface area contributed by atoms with Crippen molar-refractivity contribution >= 4 is 38.9 Å². The van der Waals surface area contributed by atoms with Crippen LogP contribution < -0.4 is 5.32 Å². The minimum atomic E-state index is 0.0526. The number of thiophene rings is 1. The van der Waals surface area contributed by atoms with E-state index in [2.05, 4.69) is 40.2 Å². The standard InChI is InChI=1S/C12H15BrClN3S/c1-7(2)17-11(8(13)6-16-17)10(15-3)12-9(14)4-5-18-12/h4-7,10,15H,1-3H3. The Kier molecular flexibility index (Phi) is 4.48. The van der Waals surface area contributed by atoms with Crippen LogP contribution in [0.25, 0.3) is 0 Å². The molecule has 0 aliphatic heterocycles. The highest BCUT2D eigenvalue weighted by molar-refractivity contribution is 9.10. The van der Waals surface area contributed by atoms with Crippen LogP contribution in [0.3, 0.4) is 0 Å². The second-order valence-corrected chi connectivity index (χ2v) is 6.48. The maximum Gasteiger partial charge on any atom is 0.0866 e. The highest BCUT2D eigenvalue weighted by Gasteiger charge is 2.24. The van der Waals surface area contributed by atoms with E-state index in [1.165, 1.54) is 0 Å². The molecule has 1 atom stereocenters. The van der Waals surface area contributed by atoms with Gasteiger partial charge in [0.2, 0.25) is 0 Å². The minimum Gasteiger partial charge on any atom is -0.307 e. The fraction of sp³-hybridized carbons (Fsp3) is 0.417. The van der Waals surface area contributed by atoms with E-state index in [0.717, 1.165) is 20.1 Å². The molecular weight excluding hydrogens is 334 g/mol. The molecular formula is C12H15BrClN3S. The van der Waals surface area contributed by atoms with Gasteiger partial charge in [-0.05, 0) is 48.3 Å². The number of aromatic nitrogens is 2. The lowest BCUT2D eigenvalue weighted by Crippen LogP contribution is -2.22. The van der Waals surface area contributed by atoms with E-state index in [1.807, 2.05) is 29.4 Å². The van der Waals surface area contributed by atoms with Crippen molar-refractivity contribution in [2.45, 2.75) is 25.9 Å². The van der Waals surface area contributed by atoms with E-state index in [0.29, 0.717) is 6.04 Å². The fourth-order valence-electron chi connectivity index (χ4n) is 1.94. The summed E-state index contributed by atoms with van der Waals surface area (Å²) < 4.78 is 3.02. The molecule has 3 nitrogen and oxygen atoms in total. The van der Waals surface area contributed by atoms with Gasteiger partial charge < -0.3 is 5.32 Å². The average molecular weight is 349 g/mol. The predicted molar refractivity (Wildman–Crippen MR) is 80.5 cm³/mol. The molecule has 6 heteroatoms. The van der Waals surface area contributed by atoms with Crippen LogP contribution in [-0.2, 0) is 0 Å². The van der Waals surface area contributed by atoms with Gasteiger partial charge in [-0.2, -0.15) is 5.10 Å². The van der Waals surface area contributed by atoms with Gasteiger partial charge in [0.25, 0.3) is 0 Å². The molecule has 0 saturated carbocycles. The van der Waals surface area contributed by atoms with Crippen molar-refractivity contribution in [1.82, 2.24) is 15.1 Å². The first-order valence-corrected chi connectivity index (χ1v) is 7.74. The zero-order valence-corrected chi connectivity index (χ0v) is 13.6. The molecule has 0 aliphatic rings. The first-order chi connectivity index (χ1) is 8.56. The number of rotatable bonds is 4. The number of hydrogen-bond acceptors (Lipinski definition) is 3. The molecule has 0 amide bonds. The minimum absolute atomic E-state index is 0.0526. The monoisotopic (exact) mass is 347 g/mol. The molecule has 0 aromatic carbocycles. The van der Waals surface area contributed by atoms with Crippen molar-refractivity contribution in [3.63, 3.8) is 0 Å². The van der Waals surface area contributed by atoms with Gasteiger partial charge in [-0.1, -0.05) is 11.6 Å². The Morgan fingerprint density at radius 3 is 2.72 bits per heavy atom. The summed E-state index contributed by atoms with van der Waals surface area (Å²) in [7, 11) is 1.94. The van der Waals surface area contributed by atoms with Crippen LogP contribution in [0.4, 0.5) is 0 Å². The van der Waals surface area contributed by atoms with Crippen LogP contribution in [0, 0.1) is 0 Å². The summed E-state index contributed by atoms with van der Waals surface area (Å²) in [4.78, 5) is 1.11. The molecule has 98 valence electrons. The molecule has 1 unspecified atom stereocenters. The third kappa shape index (κ3) is 2.50. The van der Waals surface area contributed by atoms with Crippen molar-refractivity contribution in [1.29, 1.82) is 0 Å². The van der Waals surface area contributed by atoms with Gasteiger partial charge in [0.05, 0.1) is 27.4 Å². The lowest BCUT2D eigenvalue weighted by molar-refractivity contribution is 0.485. The van der Waals surface area contributed by atoms with Gasteiger partial charge in [0.15, 0.2) is 0 Å². The second-order valence-electron chi connectivity index (χ2n) is 4.27. The first kappa shape index (κ1) is 14.1. The molecule has 18 heavy (non-hydrogen) atoms. The predicted octanol–water partition coefficient (Wildman–Crippen LogP) is 4.25. The third-order valence-electron chi connectivity index (χ3n) is 2.75. The number of halogens is 2. The van der Waals surface area contributed by atoms with Crippen molar-refractivity contribution < 1.29 is 0 Å². The molecule has 0 radical (unpaired) electrons. The van der Waals surface area contributed by atoms with Crippen molar-refractivity contribution in [2.24, 2.45) is 0 Å². The average Bonchev–Trinajstić information content (AvgIpc) is 2.89. The normalized spacial score (nSPS) is 13.2. The molecule has 2 aromatic heterocycles. The summed E-state index contributed by atoms with van der Waals surface area (Å²) in [5.41, 5.74) is 1.11. The summed E-state index contributed by atoms with van der Waals surface area (Å²) in [6, 6.07) is 2.29. The third-order valence-corrected chi connectivity index (χ3v) is 4.78. The Morgan fingerprint density at radius 2 is 2.22 bits per heavy atom. The van der Waals surface area contributed by atoms with E-state index in [-0.39, 0.29) is 6.04 Å². The number of hydrogen-bond donors (Lipinski definition) is 1. The molecule has 2 aromatic rings. The Balaban J connectivity index is 2.52. The Bertz CT molecular complexity index is 535. The summed E-state index contributed by atoms with van der Waals surface area (Å²) in [5.74, 6) is 0. The smallest absolute Gasteiger partial charge is 0.0866 e. The Hall–Kier alpha value is -0.360. The second kappa shape index (κ2) is 5.74. The van der Waals surface area contributed by atoms with Gasteiger partial charge in [-0.3, -0.25) is 4.68 Å². The van der Waals surface area contributed by atoms with Crippen molar-refractivity contribution in [2.75, 3.05) is 7.05 Å². The van der Waals surface area contributed by atoms with Gasteiger partial charge in [-0.25, -0.2) is 0 Å². The molecule has 0 spiro atoms. The lowest BCUT2D eigenvalue weighted by atomic mass is 10.1. The van der Waals surface area contributed by atoms with Crippen LogP contribution in [0.1, 0.15) is 36.5 Å². The molecule has 1 N–H and O–H groups in total. The Labute approximate surface area is 124 Å². The van der Waals surface area contributed by atoms with E-state index >= 15 is 0 Å². The molecule has 2 heterocycles. The molecule has 0 saturated heterocycles. The number of nitrogens with one attached hydrogen (secondary N) is 1. The SMILES string of the molecule is CNC(c1sccc1Cl)c1c(Br)cnn1C(C)C. The van der Waals surface area contributed by atoms with Gasteiger partial charge in [0.1, 0.15) is 0 Å². The first-order valence-electron chi connectivity index (χ1n) is 5.69. The van der Waals surface area contributed by atoms with Crippen LogP contribution >= 0.6 is 38.9 Å². The van der Waals surface area contributed by atoms with Crippen molar-refractivity contribution in [3.05, 3.63) is 37.7 Å². The van der Waals surface area contributed by atoms with E-state index in [1.54, 1.807) is 11.3 Å². The lowest BCUT2D eigenvalue weighted by Gasteiger charge is -2.20. The van der Waals surface area contributed by atoms with Gasteiger partial charge >= 0.3 is 0 Å². The van der Waals surface area contributed by atoms with Gasteiger partial charge in [-0.15, -0.1) is 11.3 Å². The zero-order valence-electron chi connectivity index (χ0n) is 10.4. The van der Waals surface area contributed by atoms with Crippen LogP contribution in [0.5, 0.6) is 0 Å². The quantitative estimate of drug-likeness (QED) is 0.895. The van der Waals surface area contributed by atoms with Crippen molar-refractivity contribution in [3.8, 4) is 0 Å². The van der Waals surface area contributed by atoms with E-state index < -0.39 is 0 Å². The molecule has 0 bridgehead atoms. The maximum absolute atomic E-state index is 6.24. The van der Waals surface area contributed by atoms with E-state index in [4.69, 9.17) is 11.6 Å². The summed E-state index contributed by atoms with van der Waals surface area (Å²) in [6.45, 7) is 4.23. The summed E-state index contributed by atoms with van der Waals surface area (Å²) in [6.07, 6.45) is 1.83. The zero-order chi connectivity index (χ0) is 13.3. The molecule has 0 aliphatic carbocycles. The van der Waals surface area contributed by atoms with Gasteiger partial charge in [0, 0.05) is 10.9 Å². The fourth-order valence-corrected chi connectivity index (χ4v) is 3.72. The molecule has 0 fully saturated rings. The van der Waals surface area contributed by atoms with Crippen LogP contribution in [-0.4, -0.2) is 16.8 Å². The van der Waals surface area contributed by atoms with Crippen LogP contribution in [0.2, 0.25) is 5.02 Å². The summed E-state index contributed by atoms with van der Waals surface area (Å²) in [5, 5.41) is 10.5. The maximum atomic E-state index is 6.24. The Morgan fingerprint density at radius 1 is 1.50 bits per heavy atom. The number of nitrogens with zero attached hydrogens (tertiary/aromatic N) is 2. The summed E-state index contributed by atoms with van der Waals surface area (Å²) >= 11 is 11.5. The highest BCUT2D eigenvalue weighted by Crippen LogP contribution is 2.36. The van der Waals surface area contributed by atoms with Crippen LogP contribution in [0.15, 0.2) is 22.1 Å². The molecule has 2 rings (SSSR count). The largest absolute Gasteiger partial charge is 0.307 e. The topological polar surface area (TPSA) is 29.9 Å².